The summed E-state index contributed by atoms with van der Waals surface area (Å²) in [5, 5.41) is 0. The number of nitrogens with zero attached hydrogens (tertiary/aromatic N) is 5. The van der Waals surface area contributed by atoms with Crippen molar-refractivity contribution in [3.63, 3.8) is 0 Å². The second-order valence-electron chi connectivity index (χ2n) is 7.18. The Kier molecular flexibility index (Phi) is 5.12. The molecule has 0 unspecified atom stereocenters. The number of primary amides is 1. The first-order valence-electron chi connectivity index (χ1n) is 9.69. The molecule has 1 saturated heterocycles. The number of rotatable bonds is 4. The Morgan fingerprint density at radius 2 is 1.62 bits per heavy atom. The highest BCUT2D eigenvalue weighted by Gasteiger charge is 2.22. The number of anilines is 2. The zero-order valence-electron chi connectivity index (χ0n) is 16.7. The molecule has 1 aliphatic heterocycles. The van der Waals surface area contributed by atoms with Crippen LogP contribution in [-0.2, 0) is 0 Å². The summed E-state index contributed by atoms with van der Waals surface area (Å²) in [6.07, 6.45) is 1.76. The average Bonchev–Trinajstić information content (AvgIpc) is 2.76. The van der Waals surface area contributed by atoms with E-state index in [-0.39, 0.29) is 0 Å². The number of carbonyl (C=O) groups is 1. The maximum absolute atomic E-state index is 11.3. The summed E-state index contributed by atoms with van der Waals surface area (Å²) in [5.74, 6) is 1.23. The average molecular weight is 388 g/mol. The molecule has 2 N–H and O–H groups in total. The van der Waals surface area contributed by atoms with Crippen LogP contribution in [0.15, 0.2) is 48.7 Å². The van der Waals surface area contributed by atoms with Gasteiger partial charge in [-0.2, -0.15) is 0 Å². The van der Waals surface area contributed by atoms with Crippen molar-refractivity contribution in [3.8, 4) is 11.5 Å². The van der Waals surface area contributed by atoms with Crippen LogP contribution in [0.25, 0.3) is 11.5 Å². The second kappa shape index (κ2) is 7.87. The molecule has 1 fully saturated rings. The van der Waals surface area contributed by atoms with Gasteiger partial charge in [-0.1, -0.05) is 6.07 Å². The van der Waals surface area contributed by atoms with Crippen LogP contribution in [0.1, 0.15) is 21.6 Å². The molecule has 7 nitrogen and oxygen atoms in total. The van der Waals surface area contributed by atoms with Crippen molar-refractivity contribution in [3.05, 3.63) is 65.5 Å². The zero-order chi connectivity index (χ0) is 20.4. The lowest BCUT2D eigenvalue weighted by molar-refractivity contribution is 0.100. The molecule has 7 heteroatoms. The highest BCUT2D eigenvalue weighted by atomic mass is 16.1. The van der Waals surface area contributed by atoms with Crippen molar-refractivity contribution in [2.45, 2.75) is 13.8 Å². The van der Waals surface area contributed by atoms with Crippen LogP contribution in [0.2, 0.25) is 0 Å². The lowest BCUT2D eigenvalue weighted by atomic mass is 10.1. The summed E-state index contributed by atoms with van der Waals surface area (Å²) in [5.41, 5.74) is 9.81. The predicted octanol–water partition coefficient (Wildman–Crippen LogP) is 2.58. The Morgan fingerprint density at radius 1 is 0.931 bits per heavy atom. The van der Waals surface area contributed by atoms with Gasteiger partial charge in [0.2, 0.25) is 5.91 Å². The highest BCUT2D eigenvalue weighted by Crippen LogP contribution is 2.26. The van der Waals surface area contributed by atoms with Crippen LogP contribution in [0.5, 0.6) is 0 Å². The number of pyridine rings is 1. The van der Waals surface area contributed by atoms with Crippen molar-refractivity contribution >= 4 is 17.4 Å². The first-order chi connectivity index (χ1) is 14.0. The topological polar surface area (TPSA) is 88.2 Å². The molecule has 1 aromatic carbocycles. The minimum atomic E-state index is -0.403. The third kappa shape index (κ3) is 3.89. The number of aromatic nitrogens is 3. The van der Waals surface area contributed by atoms with Gasteiger partial charge in [-0.25, -0.2) is 9.97 Å². The molecular weight excluding hydrogens is 364 g/mol. The molecule has 29 heavy (non-hydrogen) atoms. The minimum Gasteiger partial charge on any atom is -0.368 e. The summed E-state index contributed by atoms with van der Waals surface area (Å²) in [4.78, 5) is 29.7. The molecule has 148 valence electrons. The van der Waals surface area contributed by atoms with Gasteiger partial charge in [0, 0.05) is 54.9 Å². The maximum atomic E-state index is 11.3. The monoisotopic (exact) mass is 388 g/mol. The van der Waals surface area contributed by atoms with Crippen molar-refractivity contribution in [1.82, 2.24) is 15.0 Å². The normalized spacial score (nSPS) is 14.1. The second-order valence-corrected chi connectivity index (χ2v) is 7.18. The molecule has 0 spiro atoms. The van der Waals surface area contributed by atoms with Gasteiger partial charge in [0.25, 0.3) is 0 Å². The third-order valence-corrected chi connectivity index (χ3v) is 5.35. The smallest absolute Gasteiger partial charge is 0.248 e. The Morgan fingerprint density at radius 3 is 2.24 bits per heavy atom. The van der Waals surface area contributed by atoms with Crippen molar-refractivity contribution in [1.29, 1.82) is 0 Å². The first-order valence-corrected chi connectivity index (χ1v) is 9.69. The van der Waals surface area contributed by atoms with Gasteiger partial charge < -0.3 is 15.5 Å². The molecule has 0 aliphatic carbocycles. The molecule has 3 heterocycles. The number of nitrogens with two attached hydrogens (primary N) is 1. The van der Waals surface area contributed by atoms with Crippen LogP contribution < -0.4 is 15.5 Å². The Bertz CT molecular complexity index is 1010. The molecule has 0 bridgehead atoms. The molecular formula is C22H24N6O. The first kappa shape index (κ1) is 18.9. The highest BCUT2D eigenvalue weighted by molar-refractivity contribution is 5.93. The van der Waals surface area contributed by atoms with Crippen molar-refractivity contribution < 1.29 is 4.79 Å². The molecule has 1 aliphatic rings. The molecule has 4 rings (SSSR count). The van der Waals surface area contributed by atoms with Gasteiger partial charge in [-0.05, 0) is 50.2 Å². The van der Waals surface area contributed by atoms with Gasteiger partial charge in [0.05, 0.1) is 0 Å². The molecule has 2 aromatic heterocycles. The Labute approximate surface area is 170 Å². The zero-order valence-corrected chi connectivity index (χ0v) is 16.7. The lowest BCUT2D eigenvalue weighted by Crippen LogP contribution is -2.47. The van der Waals surface area contributed by atoms with E-state index in [1.54, 1.807) is 18.3 Å². The van der Waals surface area contributed by atoms with Crippen molar-refractivity contribution in [2.75, 3.05) is 36.0 Å². The van der Waals surface area contributed by atoms with Gasteiger partial charge in [0.15, 0.2) is 5.82 Å². The Hall–Kier alpha value is -3.48. The predicted molar refractivity (Wildman–Crippen MR) is 114 cm³/mol. The van der Waals surface area contributed by atoms with Gasteiger partial charge in [0.1, 0.15) is 11.5 Å². The van der Waals surface area contributed by atoms with E-state index in [0.29, 0.717) is 11.4 Å². The van der Waals surface area contributed by atoms with Crippen LogP contribution in [0, 0.1) is 13.8 Å². The number of amides is 1. The number of hydrogen-bond donors (Lipinski definition) is 1. The van der Waals surface area contributed by atoms with E-state index in [9.17, 15) is 4.79 Å². The Balaban J connectivity index is 1.52. The minimum absolute atomic E-state index is 0.403. The summed E-state index contributed by atoms with van der Waals surface area (Å²) >= 11 is 0. The summed E-state index contributed by atoms with van der Waals surface area (Å²) < 4.78 is 0. The third-order valence-electron chi connectivity index (χ3n) is 5.35. The fourth-order valence-corrected chi connectivity index (χ4v) is 3.54. The fraction of sp³-hybridized carbons (Fsp3) is 0.273. The largest absolute Gasteiger partial charge is 0.368 e. The SMILES string of the molecule is Cc1nc(-c2ccccn2)nc(N2CCN(c3ccc(C(N)=O)cc3)CC2)c1C. The van der Waals surface area contributed by atoms with Crippen LogP contribution in [0.3, 0.4) is 0 Å². The molecule has 3 aromatic rings. The number of benzene rings is 1. The molecule has 0 saturated carbocycles. The number of carbonyl (C=O) groups excluding carboxylic acids is 1. The lowest BCUT2D eigenvalue weighted by Gasteiger charge is -2.37. The fourth-order valence-electron chi connectivity index (χ4n) is 3.54. The van der Waals surface area contributed by atoms with E-state index >= 15 is 0 Å². The van der Waals surface area contributed by atoms with E-state index < -0.39 is 5.91 Å². The van der Waals surface area contributed by atoms with Crippen LogP contribution in [-0.4, -0.2) is 47.0 Å². The van der Waals surface area contributed by atoms with Crippen LogP contribution >= 0.6 is 0 Å². The summed E-state index contributed by atoms with van der Waals surface area (Å²) in [7, 11) is 0. The van der Waals surface area contributed by atoms with Crippen LogP contribution in [0.4, 0.5) is 11.5 Å². The number of piperazine rings is 1. The van der Waals surface area contributed by atoms with E-state index in [0.717, 1.165) is 54.6 Å². The summed E-state index contributed by atoms with van der Waals surface area (Å²) in [6.45, 7) is 7.55. The van der Waals surface area contributed by atoms with E-state index in [1.165, 1.54) is 0 Å². The van der Waals surface area contributed by atoms with Crippen molar-refractivity contribution in [2.24, 2.45) is 5.73 Å². The number of aryl methyl sites for hydroxylation is 1. The van der Waals surface area contributed by atoms with E-state index in [4.69, 9.17) is 10.7 Å². The van der Waals surface area contributed by atoms with E-state index in [2.05, 4.69) is 26.7 Å². The molecule has 0 atom stereocenters. The van der Waals surface area contributed by atoms with Gasteiger partial charge in [-0.3, -0.25) is 9.78 Å². The quantitative estimate of drug-likeness (QED) is 0.739. The molecule has 1 amide bonds. The summed E-state index contributed by atoms with van der Waals surface area (Å²) in [6, 6.07) is 13.2. The van der Waals surface area contributed by atoms with Gasteiger partial charge >= 0.3 is 0 Å². The number of hydrogen-bond acceptors (Lipinski definition) is 6. The molecule has 0 radical (unpaired) electrons. The maximum Gasteiger partial charge on any atom is 0.248 e. The van der Waals surface area contributed by atoms with Gasteiger partial charge in [-0.15, -0.1) is 0 Å². The van der Waals surface area contributed by atoms with E-state index in [1.807, 2.05) is 37.3 Å². The standard InChI is InChI=1S/C22H24N6O/c1-15-16(2)25-21(19-5-3-4-10-24-19)26-22(15)28-13-11-27(12-14-28)18-8-6-17(7-9-18)20(23)29/h3-10H,11-14H2,1-2H3,(H2,23,29).